The molecule has 0 aliphatic rings. The van der Waals surface area contributed by atoms with Crippen molar-refractivity contribution in [3.05, 3.63) is 59.7 Å². The van der Waals surface area contributed by atoms with E-state index in [1.165, 1.54) is 25.3 Å². The topological polar surface area (TPSA) is 33.6 Å². The Kier molecular flexibility index (Phi) is 4.47. The normalized spacial score (nSPS) is 11.6. The second kappa shape index (κ2) is 6.30. The molecule has 110 valence electrons. The number of nitrogens with one attached hydrogen (secondary N) is 1. The van der Waals surface area contributed by atoms with Crippen LogP contribution in [0.2, 0.25) is 0 Å². The molecule has 2 aromatic rings. The fourth-order valence-electron chi connectivity index (χ4n) is 1.82. The number of rotatable bonds is 4. The van der Waals surface area contributed by atoms with Crippen molar-refractivity contribution in [1.82, 2.24) is 0 Å². The van der Waals surface area contributed by atoms with Crippen LogP contribution in [0.1, 0.15) is 11.1 Å². The smallest absolute Gasteiger partial charge is 0.420 e. The predicted octanol–water partition coefficient (Wildman–Crippen LogP) is 4.16. The second-order valence-electron chi connectivity index (χ2n) is 4.16. The Morgan fingerprint density at radius 2 is 1.76 bits per heavy atom. The number of hydrazone groups is 1. The summed E-state index contributed by atoms with van der Waals surface area (Å²) >= 11 is 0. The van der Waals surface area contributed by atoms with Gasteiger partial charge in [-0.2, -0.15) is 18.3 Å². The van der Waals surface area contributed by atoms with Gasteiger partial charge in [-0.15, -0.1) is 0 Å². The van der Waals surface area contributed by atoms with E-state index in [1.807, 2.05) is 6.07 Å². The van der Waals surface area contributed by atoms with Crippen molar-refractivity contribution in [2.24, 2.45) is 5.10 Å². The number of anilines is 1. The minimum Gasteiger partial charge on any atom is -0.496 e. The van der Waals surface area contributed by atoms with Crippen LogP contribution in [0.4, 0.5) is 18.9 Å². The molecule has 0 heterocycles. The van der Waals surface area contributed by atoms with Crippen LogP contribution in [0.5, 0.6) is 5.75 Å². The van der Waals surface area contributed by atoms with Gasteiger partial charge in [0.2, 0.25) is 0 Å². The zero-order chi connectivity index (χ0) is 15.3. The molecule has 6 heteroatoms. The molecule has 0 unspecified atom stereocenters. The van der Waals surface area contributed by atoms with Crippen molar-refractivity contribution in [1.29, 1.82) is 0 Å². The third-order valence-electron chi connectivity index (χ3n) is 2.73. The van der Waals surface area contributed by atoms with Crippen molar-refractivity contribution < 1.29 is 17.9 Å². The molecule has 1 N–H and O–H groups in total. The van der Waals surface area contributed by atoms with Gasteiger partial charge in [-0.3, -0.25) is 5.43 Å². The summed E-state index contributed by atoms with van der Waals surface area (Å²) in [5.74, 6) is -0.230. The molecular weight excluding hydrogens is 281 g/mol. The van der Waals surface area contributed by atoms with Crippen LogP contribution >= 0.6 is 0 Å². The summed E-state index contributed by atoms with van der Waals surface area (Å²) in [7, 11) is 1.20. The maximum atomic E-state index is 13.1. The zero-order valence-electron chi connectivity index (χ0n) is 11.2. The lowest BCUT2D eigenvalue weighted by molar-refractivity contribution is -0.138. The zero-order valence-corrected chi connectivity index (χ0v) is 11.2. The Balaban J connectivity index is 2.28. The highest BCUT2D eigenvalue weighted by Crippen LogP contribution is 2.38. The van der Waals surface area contributed by atoms with E-state index in [9.17, 15) is 13.2 Å². The first-order valence-electron chi connectivity index (χ1n) is 6.10. The minimum absolute atomic E-state index is 0.0646. The van der Waals surface area contributed by atoms with Crippen LogP contribution in [0, 0.1) is 0 Å². The van der Waals surface area contributed by atoms with Gasteiger partial charge < -0.3 is 4.74 Å². The molecule has 0 radical (unpaired) electrons. The van der Waals surface area contributed by atoms with Crippen molar-refractivity contribution in [3.8, 4) is 5.75 Å². The fourth-order valence-corrected chi connectivity index (χ4v) is 1.82. The number of ether oxygens (including phenoxy) is 1. The summed E-state index contributed by atoms with van der Waals surface area (Å²) in [4.78, 5) is 0. The molecule has 0 amide bonds. The molecular formula is C15H13F3N2O. The molecule has 0 saturated carbocycles. The van der Waals surface area contributed by atoms with Crippen LogP contribution in [0.25, 0.3) is 0 Å². The Hall–Kier alpha value is -2.50. The molecule has 0 aliphatic heterocycles. The average Bonchev–Trinajstić information content (AvgIpc) is 2.47. The Morgan fingerprint density at radius 3 is 2.38 bits per heavy atom. The van der Waals surface area contributed by atoms with E-state index in [4.69, 9.17) is 4.74 Å². The van der Waals surface area contributed by atoms with Gasteiger partial charge in [0, 0.05) is 5.56 Å². The molecule has 21 heavy (non-hydrogen) atoms. The molecule has 0 spiro atoms. The molecule has 2 aromatic carbocycles. The summed E-state index contributed by atoms with van der Waals surface area (Å²) in [6, 6.07) is 13.0. The Labute approximate surface area is 120 Å². The Morgan fingerprint density at radius 1 is 1.05 bits per heavy atom. The van der Waals surface area contributed by atoms with Crippen LogP contribution in [0.15, 0.2) is 53.6 Å². The highest BCUT2D eigenvalue weighted by atomic mass is 19.4. The standard InChI is InChI=1S/C15H13F3N2O/c1-21-13-9-5-6-11(14(13)15(16,17)18)10-19-20-12-7-3-2-4-8-12/h2-10,20H,1H3. The first-order chi connectivity index (χ1) is 10.0. The molecule has 2 rings (SSSR count). The van der Waals surface area contributed by atoms with E-state index in [2.05, 4.69) is 10.5 Å². The SMILES string of the molecule is COc1cccc(C=NNc2ccccc2)c1C(F)(F)F. The van der Waals surface area contributed by atoms with Gasteiger partial charge in [0.05, 0.1) is 19.0 Å². The van der Waals surface area contributed by atoms with Crippen LogP contribution in [-0.2, 0) is 6.18 Å². The first-order valence-corrected chi connectivity index (χ1v) is 6.10. The molecule has 0 fully saturated rings. The summed E-state index contributed by atoms with van der Waals surface area (Å²) in [6.07, 6.45) is -3.39. The third-order valence-corrected chi connectivity index (χ3v) is 2.73. The number of alkyl halides is 3. The van der Waals surface area contributed by atoms with E-state index in [-0.39, 0.29) is 11.3 Å². The number of methoxy groups -OCH3 is 1. The van der Waals surface area contributed by atoms with E-state index in [0.29, 0.717) is 5.69 Å². The highest BCUT2D eigenvalue weighted by molar-refractivity contribution is 5.83. The maximum Gasteiger partial charge on any atom is 0.420 e. The van der Waals surface area contributed by atoms with E-state index < -0.39 is 11.7 Å². The molecule has 0 aromatic heterocycles. The third kappa shape index (κ3) is 3.75. The fraction of sp³-hybridized carbons (Fsp3) is 0.133. The van der Waals surface area contributed by atoms with Crippen LogP contribution < -0.4 is 10.2 Å². The van der Waals surface area contributed by atoms with Gasteiger partial charge in [0.15, 0.2) is 0 Å². The van der Waals surface area contributed by atoms with Crippen molar-refractivity contribution in [2.75, 3.05) is 12.5 Å². The van der Waals surface area contributed by atoms with E-state index >= 15 is 0 Å². The molecule has 0 aliphatic carbocycles. The van der Waals surface area contributed by atoms with Gasteiger partial charge in [-0.1, -0.05) is 30.3 Å². The summed E-state index contributed by atoms with van der Waals surface area (Å²) in [5, 5.41) is 3.83. The maximum absolute atomic E-state index is 13.1. The quantitative estimate of drug-likeness (QED) is 0.678. The number of benzene rings is 2. The van der Waals surface area contributed by atoms with Gasteiger partial charge in [0.1, 0.15) is 11.3 Å². The minimum atomic E-state index is -4.51. The Bertz CT molecular complexity index is 625. The molecule has 3 nitrogen and oxygen atoms in total. The van der Waals surface area contributed by atoms with Crippen LogP contribution in [-0.4, -0.2) is 13.3 Å². The van der Waals surface area contributed by atoms with E-state index in [1.54, 1.807) is 24.3 Å². The van der Waals surface area contributed by atoms with Crippen LogP contribution in [0.3, 0.4) is 0 Å². The lowest BCUT2D eigenvalue weighted by Gasteiger charge is -2.14. The van der Waals surface area contributed by atoms with Crippen molar-refractivity contribution in [3.63, 3.8) is 0 Å². The molecule has 0 saturated heterocycles. The second-order valence-corrected chi connectivity index (χ2v) is 4.16. The number of hydrogen-bond acceptors (Lipinski definition) is 3. The number of hydrogen-bond donors (Lipinski definition) is 1. The van der Waals surface area contributed by atoms with Gasteiger partial charge in [0.25, 0.3) is 0 Å². The monoisotopic (exact) mass is 294 g/mol. The lowest BCUT2D eigenvalue weighted by Crippen LogP contribution is -2.11. The average molecular weight is 294 g/mol. The van der Waals surface area contributed by atoms with Gasteiger partial charge in [-0.05, 0) is 18.2 Å². The van der Waals surface area contributed by atoms with Gasteiger partial charge >= 0.3 is 6.18 Å². The van der Waals surface area contributed by atoms with E-state index in [0.717, 1.165) is 6.21 Å². The number of para-hydroxylation sites is 1. The molecule has 0 atom stereocenters. The first kappa shape index (κ1) is 14.9. The predicted molar refractivity (Wildman–Crippen MR) is 75.7 cm³/mol. The number of nitrogens with zero attached hydrogens (tertiary/aromatic N) is 1. The largest absolute Gasteiger partial charge is 0.496 e. The number of halogens is 3. The highest BCUT2D eigenvalue weighted by Gasteiger charge is 2.36. The summed E-state index contributed by atoms with van der Waals surface area (Å²) in [5.41, 5.74) is 2.45. The van der Waals surface area contributed by atoms with Gasteiger partial charge in [-0.25, -0.2) is 0 Å². The molecule has 0 bridgehead atoms. The summed E-state index contributed by atoms with van der Waals surface area (Å²) < 4.78 is 44.0. The summed E-state index contributed by atoms with van der Waals surface area (Å²) in [6.45, 7) is 0. The van der Waals surface area contributed by atoms with Crippen molar-refractivity contribution in [2.45, 2.75) is 6.18 Å². The lowest BCUT2D eigenvalue weighted by atomic mass is 10.1. The van der Waals surface area contributed by atoms with Crippen molar-refractivity contribution >= 4 is 11.9 Å².